The SMILES string of the molecule is O=C(NC1(C(=O)O)CC2CCC(C1)N2C(=O)OCc1ccccc1)OCC1c2ccccc2-c2ccccc21. The molecule has 2 N–H and O–H groups in total. The zero-order chi connectivity index (χ0) is 27.0. The second-order valence-electron chi connectivity index (χ2n) is 10.6. The average molecular weight is 527 g/mol. The Morgan fingerprint density at radius 1 is 0.821 bits per heavy atom. The van der Waals surface area contributed by atoms with Crippen LogP contribution in [0.4, 0.5) is 9.59 Å². The third kappa shape index (κ3) is 4.60. The molecule has 0 spiro atoms. The number of nitrogens with zero attached hydrogens (tertiary/aromatic N) is 1. The molecule has 39 heavy (non-hydrogen) atoms. The Hall–Kier alpha value is -4.33. The molecule has 2 amide bonds. The van der Waals surface area contributed by atoms with Crippen molar-refractivity contribution in [2.24, 2.45) is 0 Å². The van der Waals surface area contributed by atoms with Crippen LogP contribution in [0.15, 0.2) is 78.9 Å². The van der Waals surface area contributed by atoms with E-state index in [1.54, 1.807) is 4.90 Å². The lowest BCUT2D eigenvalue weighted by Gasteiger charge is -2.43. The van der Waals surface area contributed by atoms with Gasteiger partial charge in [0.15, 0.2) is 0 Å². The number of piperidine rings is 1. The number of rotatable bonds is 6. The third-order valence-electron chi connectivity index (χ3n) is 8.30. The van der Waals surface area contributed by atoms with Crippen LogP contribution in [-0.4, -0.2) is 52.4 Å². The molecule has 6 rings (SSSR count). The molecule has 2 heterocycles. The summed E-state index contributed by atoms with van der Waals surface area (Å²) >= 11 is 0. The highest BCUT2D eigenvalue weighted by atomic mass is 16.6. The predicted molar refractivity (Wildman–Crippen MR) is 143 cm³/mol. The number of ether oxygens (including phenoxy) is 2. The molecule has 8 nitrogen and oxygen atoms in total. The van der Waals surface area contributed by atoms with Crippen molar-refractivity contribution in [1.29, 1.82) is 0 Å². The first-order chi connectivity index (χ1) is 18.9. The number of benzene rings is 3. The molecular formula is C31H30N2O6. The second-order valence-corrected chi connectivity index (χ2v) is 10.6. The van der Waals surface area contributed by atoms with Crippen molar-refractivity contribution < 1.29 is 29.0 Å². The fraction of sp³-hybridized carbons (Fsp3) is 0.323. The zero-order valence-corrected chi connectivity index (χ0v) is 21.4. The van der Waals surface area contributed by atoms with Gasteiger partial charge in [0.05, 0.1) is 0 Å². The Kier molecular flexibility index (Phi) is 6.46. The van der Waals surface area contributed by atoms with Crippen LogP contribution in [0.3, 0.4) is 0 Å². The summed E-state index contributed by atoms with van der Waals surface area (Å²) in [6.07, 6.45) is 0.302. The van der Waals surface area contributed by atoms with Crippen molar-refractivity contribution in [3.8, 4) is 11.1 Å². The minimum atomic E-state index is -1.51. The fourth-order valence-corrected chi connectivity index (χ4v) is 6.50. The molecule has 200 valence electrons. The van der Waals surface area contributed by atoms with Gasteiger partial charge in [-0.3, -0.25) is 0 Å². The quantitative estimate of drug-likeness (QED) is 0.451. The van der Waals surface area contributed by atoms with Crippen molar-refractivity contribution in [2.75, 3.05) is 6.61 Å². The van der Waals surface area contributed by atoms with Gasteiger partial charge < -0.3 is 24.8 Å². The molecule has 3 aromatic carbocycles. The van der Waals surface area contributed by atoms with Crippen LogP contribution >= 0.6 is 0 Å². The van der Waals surface area contributed by atoms with Crippen molar-refractivity contribution >= 4 is 18.2 Å². The molecule has 2 atom stereocenters. The molecule has 2 bridgehead atoms. The van der Waals surface area contributed by atoms with Gasteiger partial charge in [-0.2, -0.15) is 0 Å². The standard InChI is InChI=1S/C31H30N2O6/c34-28(35)31(16-21-14-15-22(17-31)33(21)30(37)39-18-20-8-2-1-3-9-20)32-29(36)38-19-27-25-12-6-4-10-23(25)24-11-5-7-13-26(24)27/h1-13,21-22,27H,14-19H2,(H,32,36)(H,34,35). The second kappa shape index (κ2) is 10.1. The summed E-state index contributed by atoms with van der Waals surface area (Å²) in [4.78, 5) is 40.1. The lowest BCUT2D eigenvalue weighted by Crippen LogP contribution is -2.64. The van der Waals surface area contributed by atoms with Crippen molar-refractivity contribution in [2.45, 2.75) is 55.8 Å². The van der Waals surface area contributed by atoms with Crippen LogP contribution in [0.2, 0.25) is 0 Å². The van der Waals surface area contributed by atoms with Gasteiger partial charge in [0.25, 0.3) is 0 Å². The summed E-state index contributed by atoms with van der Waals surface area (Å²) in [5, 5.41) is 12.9. The number of carbonyl (C=O) groups excluding carboxylic acids is 2. The number of carboxylic acids is 1. The highest BCUT2D eigenvalue weighted by Gasteiger charge is 2.55. The number of aliphatic carboxylic acids is 1. The van der Waals surface area contributed by atoms with E-state index in [1.165, 1.54) is 0 Å². The number of fused-ring (bicyclic) bond motifs is 5. The average Bonchev–Trinajstić information content (AvgIpc) is 3.42. The van der Waals surface area contributed by atoms with E-state index in [0.717, 1.165) is 27.8 Å². The van der Waals surface area contributed by atoms with Crippen LogP contribution in [0.25, 0.3) is 11.1 Å². The number of nitrogens with one attached hydrogen (secondary N) is 1. The normalized spacial score (nSPS) is 23.0. The summed E-state index contributed by atoms with van der Waals surface area (Å²) in [6, 6.07) is 24.8. The van der Waals surface area contributed by atoms with E-state index in [4.69, 9.17) is 9.47 Å². The maximum Gasteiger partial charge on any atom is 0.410 e. The van der Waals surface area contributed by atoms with E-state index in [0.29, 0.717) is 12.8 Å². The molecule has 0 aromatic heterocycles. The molecule has 1 aliphatic carbocycles. The predicted octanol–water partition coefficient (Wildman–Crippen LogP) is 5.31. The summed E-state index contributed by atoms with van der Waals surface area (Å²) < 4.78 is 11.2. The lowest BCUT2D eigenvalue weighted by atomic mass is 9.83. The molecule has 2 unspecified atom stereocenters. The number of carbonyl (C=O) groups is 3. The van der Waals surface area contributed by atoms with Gasteiger partial charge >= 0.3 is 18.2 Å². The summed E-state index contributed by atoms with van der Waals surface area (Å²) in [5.74, 6) is -1.24. The third-order valence-corrected chi connectivity index (χ3v) is 8.30. The Labute approximate surface area is 226 Å². The number of amides is 2. The topological polar surface area (TPSA) is 105 Å². The van der Waals surface area contributed by atoms with Crippen molar-refractivity contribution in [3.63, 3.8) is 0 Å². The summed E-state index contributed by atoms with van der Waals surface area (Å²) in [5.41, 5.74) is 3.77. The first kappa shape index (κ1) is 25.0. The summed E-state index contributed by atoms with van der Waals surface area (Å²) in [6.45, 7) is 0.248. The number of hydrogen-bond donors (Lipinski definition) is 2. The molecule has 2 aliphatic heterocycles. The first-order valence-electron chi connectivity index (χ1n) is 13.3. The molecule has 3 aliphatic rings. The molecule has 0 radical (unpaired) electrons. The van der Waals surface area contributed by atoms with Gasteiger partial charge in [0, 0.05) is 30.8 Å². The zero-order valence-electron chi connectivity index (χ0n) is 21.4. The Bertz CT molecular complexity index is 1350. The smallest absolute Gasteiger partial charge is 0.410 e. The lowest BCUT2D eigenvalue weighted by molar-refractivity contribution is -0.148. The first-order valence-corrected chi connectivity index (χ1v) is 13.3. The van der Waals surface area contributed by atoms with Crippen LogP contribution in [0.1, 0.15) is 48.3 Å². The van der Waals surface area contributed by atoms with Gasteiger partial charge in [0.2, 0.25) is 0 Å². The van der Waals surface area contributed by atoms with Crippen molar-refractivity contribution in [3.05, 3.63) is 95.6 Å². The van der Waals surface area contributed by atoms with E-state index in [2.05, 4.69) is 17.4 Å². The van der Waals surface area contributed by atoms with Crippen LogP contribution in [0.5, 0.6) is 0 Å². The van der Waals surface area contributed by atoms with E-state index in [9.17, 15) is 19.5 Å². The van der Waals surface area contributed by atoms with Crippen LogP contribution in [-0.2, 0) is 20.9 Å². The highest BCUT2D eigenvalue weighted by Crippen LogP contribution is 2.45. The van der Waals surface area contributed by atoms with E-state index in [-0.39, 0.29) is 44.1 Å². The highest BCUT2D eigenvalue weighted by molar-refractivity contribution is 5.85. The molecule has 8 heteroatoms. The Morgan fingerprint density at radius 3 is 1.97 bits per heavy atom. The van der Waals surface area contributed by atoms with Gasteiger partial charge in [-0.05, 0) is 40.7 Å². The van der Waals surface area contributed by atoms with E-state index >= 15 is 0 Å². The van der Waals surface area contributed by atoms with Crippen LogP contribution in [0, 0.1) is 0 Å². The van der Waals surface area contributed by atoms with Crippen molar-refractivity contribution in [1.82, 2.24) is 10.2 Å². The van der Waals surface area contributed by atoms with Crippen LogP contribution < -0.4 is 5.32 Å². The number of alkyl carbamates (subject to hydrolysis) is 1. The molecule has 0 saturated carbocycles. The number of hydrogen-bond acceptors (Lipinski definition) is 5. The molecular weight excluding hydrogens is 496 g/mol. The van der Waals surface area contributed by atoms with E-state index < -0.39 is 23.7 Å². The summed E-state index contributed by atoms with van der Waals surface area (Å²) in [7, 11) is 0. The van der Waals surface area contributed by atoms with E-state index in [1.807, 2.05) is 66.7 Å². The maximum atomic E-state index is 13.0. The Balaban J connectivity index is 1.11. The molecule has 2 fully saturated rings. The largest absolute Gasteiger partial charge is 0.480 e. The minimum absolute atomic E-state index is 0.0976. The molecule has 3 aromatic rings. The minimum Gasteiger partial charge on any atom is -0.480 e. The Morgan fingerprint density at radius 2 is 1.38 bits per heavy atom. The monoisotopic (exact) mass is 526 g/mol. The van der Waals surface area contributed by atoms with Gasteiger partial charge in [-0.1, -0.05) is 78.9 Å². The fourth-order valence-electron chi connectivity index (χ4n) is 6.50. The van der Waals surface area contributed by atoms with Gasteiger partial charge in [-0.25, -0.2) is 14.4 Å². The molecule has 2 saturated heterocycles. The van der Waals surface area contributed by atoms with Gasteiger partial charge in [0.1, 0.15) is 18.8 Å². The number of carboxylic acid groups (broad SMARTS) is 1. The van der Waals surface area contributed by atoms with Gasteiger partial charge in [-0.15, -0.1) is 0 Å². The maximum absolute atomic E-state index is 13.0.